The minimum Gasteiger partial charge on any atom is -0.478 e. The van der Waals surface area contributed by atoms with E-state index >= 15 is 0 Å². The van der Waals surface area contributed by atoms with Gasteiger partial charge < -0.3 is 9.84 Å². The SMILES string of the molecule is CCN(C=O)/C(CO)=N\N(C)c1n[nH]c(/C(F)=C/c2c(F)cccc2Cl)c1OCC(F)(F)F. The lowest BCUT2D eigenvalue weighted by atomic mass is 10.1. The van der Waals surface area contributed by atoms with Crippen molar-refractivity contribution >= 4 is 41.6 Å². The summed E-state index contributed by atoms with van der Waals surface area (Å²) in [5, 5.41) is 20.1. The highest BCUT2D eigenvalue weighted by Gasteiger charge is 2.31. The maximum absolute atomic E-state index is 15.0. The van der Waals surface area contributed by atoms with Crippen LogP contribution in [0.3, 0.4) is 0 Å². The number of anilines is 1. The smallest absolute Gasteiger partial charge is 0.422 e. The van der Waals surface area contributed by atoms with Crippen molar-refractivity contribution in [1.82, 2.24) is 15.1 Å². The van der Waals surface area contributed by atoms with E-state index in [1.807, 2.05) is 0 Å². The van der Waals surface area contributed by atoms with Crippen LogP contribution in [-0.2, 0) is 4.79 Å². The second-order valence-corrected chi connectivity index (χ2v) is 6.78. The maximum Gasteiger partial charge on any atom is 0.422 e. The van der Waals surface area contributed by atoms with E-state index in [0.717, 1.165) is 16.0 Å². The minimum absolute atomic E-state index is 0.134. The fraction of sp³-hybridized carbons (Fsp3) is 0.316. The standard InChI is InChI=1S/C19H19ClF5N5O3/c1-3-30(10-32)15(8-31)28-29(2)18-17(33-9-19(23,24)25)16(26-27-18)14(22)7-11-12(20)5-4-6-13(11)21/h4-7,10,31H,3,8-9H2,1-2H3,(H,26,27)/b14-7-,28-15-. The van der Waals surface area contributed by atoms with Gasteiger partial charge in [-0.3, -0.25) is 14.8 Å². The fourth-order valence-electron chi connectivity index (χ4n) is 2.56. The molecule has 14 heteroatoms. The molecule has 1 aromatic heterocycles. The van der Waals surface area contributed by atoms with Gasteiger partial charge in [-0.1, -0.05) is 17.7 Å². The first kappa shape index (κ1) is 26.1. The first-order valence-corrected chi connectivity index (χ1v) is 9.63. The van der Waals surface area contributed by atoms with Gasteiger partial charge in [0.25, 0.3) is 0 Å². The first-order chi connectivity index (χ1) is 15.5. The number of carbonyl (C=O) groups excluding carboxylic acids is 1. The monoisotopic (exact) mass is 495 g/mol. The van der Waals surface area contributed by atoms with Crippen LogP contribution >= 0.6 is 11.6 Å². The van der Waals surface area contributed by atoms with Crippen molar-refractivity contribution in [3.05, 3.63) is 40.3 Å². The number of ether oxygens (including phenoxy) is 1. The Labute approximate surface area is 189 Å². The van der Waals surface area contributed by atoms with Crippen molar-refractivity contribution in [2.24, 2.45) is 5.10 Å². The average Bonchev–Trinajstić information content (AvgIpc) is 3.18. The zero-order chi connectivity index (χ0) is 24.8. The van der Waals surface area contributed by atoms with Crippen LogP contribution in [0.25, 0.3) is 11.9 Å². The number of hydrazone groups is 1. The molecule has 0 aliphatic heterocycles. The Kier molecular flexibility index (Phi) is 8.76. The molecule has 0 fully saturated rings. The molecule has 1 amide bonds. The Morgan fingerprint density at radius 2 is 2.09 bits per heavy atom. The summed E-state index contributed by atoms with van der Waals surface area (Å²) in [6.45, 7) is -0.744. The molecule has 2 aromatic rings. The number of aliphatic hydroxyl groups is 1. The summed E-state index contributed by atoms with van der Waals surface area (Å²) in [7, 11) is 1.23. The Bertz CT molecular complexity index is 1020. The number of nitrogens with zero attached hydrogens (tertiary/aromatic N) is 4. The second-order valence-electron chi connectivity index (χ2n) is 6.37. The van der Waals surface area contributed by atoms with Crippen molar-refractivity contribution in [2.45, 2.75) is 13.1 Å². The number of likely N-dealkylation sites (N-methyl/N-ethyl adjacent to an activating group) is 1. The van der Waals surface area contributed by atoms with Crippen molar-refractivity contribution in [2.75, 3.05) is 31.8 Å². The summed E-state index contributed by atoms with van der Waals surface area (Å²) in [6.07, 6.45) is -3.71. The van der Waals surface area contributed by atoms with Gasteiger partial charge in [0.05, 0.1) is 5.02 Å². The molecule has 0 saturated heterocycles. The van der Waals surface area contributed by atoms with E-state index in [-0.39, 0.29) is 23.0 Å². The van der Waals surface area contributed by atoms with Gasteiger partial charge in [-0.2, -0.15) is 23.4 Å². The molecule has 0 spiro atoms. The number of rotatable bonds is 9. The number of aromatic nitrogens is 2. The number of halogens is 6. The van der Waals surface area contributed by atoms with Gasteiger partial charge in [0.1, 0.15) is 18.1 Å². The number of aliphatic hydroxyl groups excluding tert-OH is 1. The Balaban J connectivity index is 2.55. The predicted octanol–water partition coefficient (Wildman–Crippen LogP) is 3.83. The summed E-state index contributed by atoms with van der Waals surface area (Å²) >= 11 is 5.87. The minimum atomic E-state index is -4.77. The van der Waals surface area contributed by atoms with Crippen molar-refractivity contribution in [3.63, 3.8) is 0 Å². The molecule has 0 atom stereocenters. The number of hydrogen-bond acceptors (Lipinski definition) is 6. The summed E-state index contributed by atoms with van der Waals surface area (Å²) in [6, 6.07) is 3.62. The van der Waals surface area contributed by atoms with Crippen LogP contribution in [0.4, 0.5) is 27.8 Å². The van der Waals surface area contributed by atoms with Gasteiger partial charge in [0, 0.05) is 19.2 Å². The van der Waals surface area contributed by atoms with Gasteiger partial charge >= 0.3 is 6.18 Å². The third-order valence-electron chi connectivity index (χ3n) is 4.11. The maximum atomic E-state index is 15.0. The molecule has 0 bridgehead atoms. The molecule has 2 N–H and O–H groups in total. The van der Waals surface area contributed by atoms with E-state index in [0.29, 0.717) is 12.5 Å². The van der Waals surface area contributed by atoms with Crippen molar-refractivity contribution in [3.8, 4) is 5.75 Å². The topological polar surface area (TPSA) is 94.0 Å². The zero-order valence-corrected chi connectivity index (χ0v) is 18.1. The molecular weight excluding hydrogens is 477 g/mol. The van der Waals surface area contributed by atoms with E-state index in [1.165, 1.54) is 19.2 Å². The molecule has 2 rings (SSSR count). The highest BCUT2D eigenvalue weighted by Crippen LogP contribution is 2.37. The van der Waals surface area contributed by atoms with Gasteiger partial charge in [-0.25, -0.2) is 13.8 Å². The molecule has 0 unspecified atom stereocenters. The lowest BCUT2D eigenvalue weighted by Gasteiger charge is -2.20. The summed E-state index contributed by atoms with van der Waals surface area (Å²) in [5.41, 5.74) is -0.975. The summed E-state index contributed by atoms with van der Waals surface area (Å²) < 4.78 is 72.1. The number of carbonyl (C=O) groups is 1. The zero-order valence-electron chi connectivity index (χ0n) is 17.3. The Morgan fingerprint density at radius 3 is 2.64 bits per heavy atom. The number of amidine groups is 1. The van der Waals surface area contributed by atoms with Gasteiger partial charge in [0.2, 0.25) is 12.2 Å². The van der Waals surface area contributed by atoms with E-state index in [2.05, 4.69) is 15.3 Å². The molecule has 0 aliphatic carbocycles. The van der Waals surface area contributed by atoms with E-state index < -0.39 is 48.3 Å². The second kappa shape index (κ2) is 11.1. The molecular formula is C19H19ClF5N5O3. The molecule has 1 aromatic carbocycles. The summed E-state index contributed by atoms with van der Waals surface area (Å²) in [4.78, 5) is 12.1. The number of alkyl halides is 3. The number of nitrogens with one attached hydrogen (secondary N) is 1. The molecule has 33 heavy (non-hydrogen) atoms. The fourth-order valence-corrected chi connectivity index (χ4v) is 2.78. The predicted molar refractivity (Wildman–Crippen MR) is 112 cm³/mol. The van der Waals surface area contributed by atoms with Crippen LogP contribution in [-0.4, -0.2) is 65.4 Å². The highest BCUT2D eigenvalue weighted by atomic mass is 35.5. The first-order valence-electron chi connectivity index (χ1n) is 9.25. The molecule has 0 aliphatic rings. The van der Waals surface area contributed by atoms with Crippen LogP contribution in [0.15, 0.2) is 23.3 Å². The number of hydrogen-bond donors (Lipinski definition) is 2. The Morgan fingerprint density at radius 1 is 1.39 bits per heavy atom. The molecule has 8 nitrogen and oxygen atoms in total. The largest absolute Gasteiger partial charge is 0.478 e. The Hall–Kier alpha value is -3.19. The third-order valence-corrected chi connectivity index (χ3v) is 4.44. The molecule has 0 saturated carbocycles. The van der Waals surface area contributed by atoms with Crippen LogP contribution < -0.4 is 9.75 Å². The van der Waals surface area contributed by atoms with Crippen LogP contribution in [0, 0.1) is 5.82 Å². The van der Waals surface area contributed by atoms with E-state index in [1.54, 1.807) is 6.92 Å². The van der Waals surface area contributed by atoms with Crippen LogP contribution in [0.5, 0.6) is 5.75 Å². The highest BCUT2D eigenvalue weighted by molar-refractivity contribution is 6.32. The molecule has 1 heterocycles. The number of H-pyrrole nitrogens is 1. The van der Waals surface area contributed by atoms with Crippen LogP contribution in [0.2, 0.25) is 5.02 Å². The van der Waals surface area contributed by atoms with Crippen molar-refractivity contribution < 1.29 is 36.6 Å². The van der Waals surface area contributed by atoms with E-state index in [9.17, 15) is 31.9 Å². The van der Waals surface area contributed by atoms with E-state index in [4.69, 9.17) is 16.3 Å². The van der Waals surface area contributed by atoms with Gasteiger partial charge in [-0.05, 0) is 25.1 Å². The third kappa shape index (κ3) is 6.65. The van der Waals surface area contributed by atoms with Crippen molar-refractivity contribution in [1.29, 1.82) is 0 Å². The quantitative estimate of drug-likeness (QED) is 0.181. The average molecular weight is 496 g/mol. The summed E-state index contributed by atoms with van der Waals surface area (Å²) in [5.74, 6) is -3.33. The lowest BCUT2D eigenvalue weighted by molar-refractivity contribution is -0.153. The number of amides is 1. The molecule has 180 valence electrons. The normalized spacial score (nSPS) is 12.6. The molecule has 0 radical (unpaired) electrons. The number of aromatic amines is 1. The number of benzene rings is 1. The van der Waals surface area contributed by atoms with Crippen LogP contribution in [0.1, 0.15) is 18.2 Å². The lowest BCUT2D eigenvalue weighted by Crippen LogP contribution is -2.34. The van der Waals surface area contributed by atoms with Gasteiger partial charge in [-0.15, -0.1) is 0 Å². The van der Waals surface area contributed by atoms with Gasteiger partial charge in [0.15, 0.2) is 24.0 Å².